The molecule has 0 spiro atoms. The molecule has 37 heavy (non-hydrogen) atoms. The smallest absolute Gasteiger partial charge is 0.244 e. The number of sulfonamides is 1. The number of rotatable bonds is 11. The number of likely N-dealkylation sites (N-methyl/N-ethyl adjacent to an activating group) is 1. The number of nitrogens with zero attached hydrogens (tertiary/aromatic N) is 2. The van der Waals surface area contributed by atoms with Gasteiger partial charge in [-0.3, -0.25) is 13.9 Å². The molecule has 0 aromatic heterocycles. The first-order chi connectivity index (χ1) is 17.6. The quantitative estimate of drug-likeness (QED) is 0.370. The summed E-state index contributed by atoms with van der Waals surface area (Å²) in [6.45, 7) is -0.390. The third-order valence-electron chi connectivity index (χ3n) is 5.78. The van der Waals surface area contributed by atoms with E-state index in [1.54, 1.807) is 49.6 Å². The lowest BCUT2D eigenvalue weighted by Gasteiger charge is -2.33. The normalized spacial score (nSPS) is 11.9. The molecule has 2 amide bonds. The Bertz CT molecular complexity index is 1330. The van der Waals surface area contributed by atoms with Gasteiger partial charge < -0.3 is 15.0 Å². The van der Waals surface area contributed by atoms with E-state index in [9.17, 15) is 18.0 Å². The largest absolute Gasteiger partial charge is 0.497 e. The molecule has 3 aromatic carbocycles. The van der Waals surface area contributed by atoms with Gasteiger partial charge in [0.05, 0.1) is 19.1 Å². The fourth-order valence-corrected chi connectivity index (χ4v) is 5.16. The highest BCUT2D eigenvalue weighted by Gasteiger charge is 2.32. The van der Waals surface area contributed by atoms with Crippen molar-refractivity contribution in [2.75, 3.05) is 31.3 Å². The van der Waals surface area contributed by atoms with Crippen LogP contribution < -0.4 is 14.4 Å². The molecule has 0 radical (unpaired) electrons. The van der Waals surface area contributed by atoms with E-state index in [0.717, 1.165) is 21.7 Å². The molecule has 8 nitrogen and oxygen atoms in total. The van der Waals surface area contributed by atoms with Gasteiger partial charge in [0.25, 0.3) is 0 Å². The van der Waals surface area contributed by atoms with Crippen molar-refractivity contribution in [1.82, 2.24) is 10.2 Å². The van der Waals surface area contributed by atoms with Gasteiger partial charge in [-0.2, -0.15) is 0 Å². The molecule has 0 aliphatic heterocycles. The minimum atomic E-state index is -3.81. The first-order valence-electron chi connectivity index (χ1n) is 11.5. The molecule has 3 rings (SSSR count). The number of nitrogens with one attached hydrogen (secondary N) is 1. The number of carbonyl (C=O) groups is 2. The molecule has 0 saturated carbocycles. The van der Waals surface area contributed by atoms with Crippen molar-refractivity contribution < 1.29 is 22.7 Å². The van der Waals surface area contributed by atoms with E-state index in [-0.39, 0.29) is 18.9 Å². The molecular formula is C27H30BrN3O5S. The van der Waals surface area contributed by atoms with Crippen LogP contribution in [0.15, 0.2) is 83.3 Å². The lowest BCUT2D eigenvalue weighted by atomic mass is 10.0. The number of hydrogen-bond acceptors (Lipinski definition) is 5. The van der Waals surface area contributed by atoms with Gasteiger partial charge in [0.15, 0.2) is 0 Å². The van der Waals surface area contributed by atoms with Crippen molar-refractivity contribution in [3.8, 4) is 5.75 Å². The molecule has 10 heteroatoms. The fraction of sp³-hybridized carbons (Fsp3) is 0.259. The Kier molecular flexibility index (Phi) is 9.71. The highest BCUT2D eigenvalue weighted by molar-refractivity contribution is 9.10. The van der Waals surface area contributed by atoms with Crippen LogP contribution >= 0.6 is 15.9 Å². The molecule has 0 fully saturated rings. The Morgan fingerprint density at radius 2 is 1.65 bits per heavy atom. The van der Waals surface area contributed by atoms with Crippen LogP contribution in [0.5, 0.6) is 5.75 Å². The molecule has 0 unspecified atom stereocenters. The summed E-state index contributed by atoms with van der Waals surface area (Å²) in [7, 11) is -0.752. The third-order valence-corrected chi connectivity index (χ3v) is 7.41. The van der Waals surface area contributed by atoms with Crippen LogP contribution in [-0.2, 0) is 32.6 Å². The van der Waals surface area contributed by atoms with Crippen molar-refractivity contribution in [1.29, 1.82) is 0 Å². The van der Waals surface area contributed by atoms with Gasteiger partial charge in [-0.25, -0.2) is 8.42 Å². The van der Waals surface area contributed by atoms with Crippen LogP contribution in [0.3, 0.4) is 0 Å². The van der Waals surface area contributed by atoms with Gasteiger partial charge in [-0.05, 0) is 41.5 Å². The zero-order chi connectivity index (χ0) is 27.0. The summed E-state index contributed by atoms with van der Waals surface area (Å²) < 4.78 is 32.5. The Morgan fingerprint density at radius 1 is 0.973 bits per heavy atom. The van der Waals surface area contributed by atoms with Crippen molar-refractivity contribution in [2.45, 2.75) is 19.0 Å². The summed E-state index contributed by atoms with van der Waals surface area (Å²) in [6, 6.07) is 22.4. The number of amides is 2. The summed E-state index contributed by atoms with van der Waals surface area (Å²) in [5, 5.41) is 2.66. The first-order valence-corrected chi connectivity index (χ1v) is 14.2. The molecular weight excluding hydrogens is 558 g/mol. The maximum atomic E-state index is 13.9. The monoisotopic (exact) mass is 587 g/mol. The zero-order valence-electron chi connectivity index (χ0n) is 20.9. The fourth-order valence-electron chi connectivity index (χ4n) is 3.93. The van der Waals surface area contributed by atoms with Gasteiger partial charge in [0.2, 0.25) is 21.8 Å². The average molecular weight is 589 g/mol. The molecule has 0 heterocycles. The lowest BCUT2D eigenvalue weighted by Crippen LogP contribution is -2.52. The predicted octanol–water partition coefficient (Wildman–Crippen LogP) is 3.61. The highest BCUT2D eigenvalue weighted by atomic mass is 79.9. The van der Waals surface area contributed by atoms with Gasteiger partial charge in [-0.1, -0.05) is 64.5 Å². The predicted molar refractivity (Wildman–Crippen MR) is 148 cm³/mol. The molecule has 1 atom stereocenters. The van der Waals surface area contributed by atoms with E-state index in [1.165, 1.54) is 11.9 Å². The van der Waals surface area contributed by atoms with Crippen LogP contribution in [0, 0.1) is 0 Å². The molecule has 196 valence electrons. The second-order valence-corrected chi connectivity index (χ2v) is 11.3. The van der Waals surface area contributed by atoms with E-state index < -0.39 is 28.5 Å². The molecule has 0 aliphatic carbocycles. The molecule has 1 N–H and O–H groups in total. The SMILES string of the molecule is CNC(=O)[C@H](Cc1ccccc1)N(Cc1cccc(OC)c1)C(=O)CN(c1cccc(Br)c1)S(C)(=O)=O. The van der Waals surface area contributed by atoms with Gasteiger partial charge in [-0.15, -0.1) is 0 Å². The highest BCUT2D eigenvalue weighted by Crippen LogP contribution is 2.24. The van der Waals surface area contributed by atoms with Crippen molar-refractivity contribution in [3.05, 3.63) is 94.5 Å². The van der Waals surface area contributed by atoms with Crippen LogP contribution in [0.1, 0.15) is 11.1 Å². The lowest BCUT2D eigenvalue weighted by molar-refractivity contribution is -0.139. The van der Waals surface area contributed by atoms with Crippen LogP contribution in [0.25, 0.3) is 0 Å². The number of carbonyl (C=O) groups excluding carboxylic acids is 2. The molecule has 0 aliphatic rings. The van der Waals surface area contributed by atoms with Crippen LogP contribution in [0.2, 0.25) is 0 Å². The number of anilines is 1. The van der Waals surface area contributed by atoms with E-state index in [2.05, 4.69) is 21.2 Å². The third kappa shape index (κ3) is 7.80. The summed E-state index contributed by atoms with van der Waals surface area (Å²) in [6.07, 6.45) is 1.31. The van der Waals surface area contributed by atoms with Crippen molar-refractivity contribution in [3.63, 3.8) is 0 Å². The summed E-state index contributed by atoms with van der Waals surface area (Å²) in [5.41, 5.74) is 1.95. The maximum Gasteiger partial charge on any atom is 0.244 e. The molecule has 0 bridgehead atoms. The van der Waals surface area contributed by atoms with Crippen LogP contribution in [-0.4, -0.2) is 58.1 Å². The Labute approximate surface area is 226 Å². The summed E-state index contributed by atoms with van der Waals surface area (Å²) in [5.74, 6) is -0.262. The van der Waals surface area contributed by atoms with Gasteiger partial charge >= 0.3 is 0 Å². The molecule has 3 aromatic rings. The number of halogens is 1. The standard InChI is InChI=1S/C27H30BrN3O5S/c1-29-27(33)25(16-20-9-5-4-6-10-20)30(18-21-11-7-14-24(15-21)36-2)26(32)19-31(37(3,34)35)23-13-8-12-22(28)17-23/h4-15,17,25H,16,18-19H2,1-3H3,(H,29,33)/t25-/m0/s1. The number of benzene rings is 3. The van der Waals surface area contributed by atoms with E-state index >= 15 is 0 Å². The first kappa shape index (κ1) is 28.2. The van der Waals surface area contributed by atoms with Gasteiger partial charge in [0, 0.05) is 24.5 Å². The van der Waals surface area contributed by atoms with E-state index in [1.807, 2.05) is 36.4 Å². The second-order valence-electron chi connectivity index (χ2n) is 8.44. The Balaban J connectivity index is 2.03. The number of methoxy groups -OCH3 is 1. The average Bonchev–Trinajstić information content (AvgIpc) is 2.88. The van der Waals surface area contributed by atoms with Crippen molar-refractivity contribution >= 4 is 43.5 Å². The maximum absolute atomic E-state index is 13.9. The van der Waals surface area contributed by atoms with Crippen LogP contribution in [0.4, 0.5) is 5.69 Å². The second kappa shape index (κ2) is 12.7. The summed E-state index contributed by atoms with van der Waals surface area (Å²) >= 11 is 3.36. The minimum absolute atomic E-state index is 0.0804. The number of ether oxygens (including phenoxy) is 1. The molecule has 0 saturated heterocycles. The van der Waals surface area contributed by atoms with E-state index in [4.69, 9.17) is 4.74 Å². The Morgan fingerprint density at radius 3 is 2.27 bits per heavy atom. The van der Waals surface area contributed by atoms with E-state index in [0.29, 0.717) is 15.9 Å². The minimum Gasteiger partial charge on any atom is -0.497 e. The van der Waals surface area contributed by atoms with Gasteiger partial charge in [0.1, 0.15) is 18.3 Å². The topological polar surface area (TPSA) is 96.0 Å². The zero-order valence-corrected chi connectivity index (χ0v) is 23.3. The summed E-state index contributed by atoms with van der Waals surface area (Å²) in [4.78, 5) is 28.4. The van der Waals surface area contributed by atoms with Crippen molar-refractivity contribution in [2.24, 2.45) is 0 Å². The Hall–Kier alpha value is -3.37. The number of hydrogen-bond donors (Lipinski definition) is 1.